The molecule has 1 aromatic carbocycles. The Bertz CT molecular complexity index is 955. The smallest absolute Gasteiger partial charge is 0.234 e. The molecular weight excluding hydrogens is 450 g/mol. The fourth-order valence-electron chi connectivity index (χ4n) is 2.62. The molecule has 1 N–H and O–H groups in total. The monoisotopic (exact) mass is 467 g/mol. The van der Waals surface area contributed by atoms with Crippen molar-refractivity contribution >= 4 is 50.9 Å². The van der Waals surface area contributed by atoms with Gasteiger partial charge in [0.1, 0.15) is 5.82 Å². The van der Waals surface area contributed by atoms with Crippen LogP contribution in [-0.4, -0.2) is 31.0 Å². The van der Waals surface area contributed by atoms with Gasteiger partial charge in [-0.2, -0.15) is 0 Å². The third-order valence-electron chi connectivity index (χ3n) is 4.04. The third kappa shape index (κ3) is 4.94. The average molecular weight is 469 g/mol. The molecule has 9 heteroatoms. The number of benzene rings is 1. The van der Waals surface area contributed by atoms with Crippen molar-refractivity contribution in [3.63, 3.8) is 0 Å². The average Bonchev–Trinajstić information content (AvgIpc) is 3.22. The number of rotatable bonds is 7. The van der Waals surface area contributed by atoms with E-state index in [2.05, 4.69) is 42.1 Å². The van der Waals surface area contributed by atoms with Crippen LogP contribution in [0.25, 0.3) is 0 Å². The van der Waals surface area contributed by atoms with Crippen LogP contribution in [0.15, 0.2) is 46.2 Å². The van der Waals surface area contributed by atoms with Gasteiger partial charge in [0.05, 0.1) is 16.5 Å². The van der Waals surface area contributed by atoms with E-state index < -0.39 is 0 Å². The number of anilines is 1. The molecule has 0 atom stereocenters. The lowest BCUT2D eigenvalue weighted by Crippen LogP contribution is -2.15. The predicted molar refractivity (Wildman–Crippen MR) is 112 cm³/mol. The zero-order valence-corrected chi connectivity index (χ0v) is 18.1. The van der Waals surface area contributed by atoms with Crippen molar-refractivity contribution in [2.45, 2.75) is 25.0 Å². The summed E-state index contributed by atoms with van der Waals surface area (Å²) in [6.45, 7) is 2.79. The molecule has 27 heavy (non-hydrogen) atoms. The van der Waals surface area contributed by atoms with Crippen LogP contribution in [0.3, 0.4) is 0 Å². The lowest BCUT2D eigenvalue weighted by molar-refractivity contribution is -0.113. The summed E-state index contributed by atoms with van der Waals surface area (Å²) >= 11 is 10.9. The van der Waals surface area contributed by atoms with Gasteiger partial charge < -0.3 is 14.5 Å². The van der Waals surface area contributed by atoms with E-state index in [4.69, 9.17) is 11.6 Å². The molecule has 2 aromatic heterocycles. The first-order valence-electron chi connectivity index (χ1n) is 8.38. The highest BCUT2D eigenvalue weighted by Gasteiger charge is 2.15. The quantitative estimate of drug-likeness (QED) is 0.523. The van der Waals surface area contributed by atoms with Crippen LogP contribution in [0.5, 0.6) is 0 Å². The van der Waals surface area contributed by atoms with Crippen molar-refractivity contribution in [3.8, 4) is 0 Å². The zero-order valence-electron chi connectivity index (χ0n) is 14.9. The molecule has 0 aliphatic heterocycles. The maximum atomic E-state index is 12.3. The second-order valence-electron chi connectivity index (χ2n) is 5.89. The molecule has 0 unspecified atom stereocenters. The lowest BCUT2D eigenvalue weighted by atomic mass is 10.3. The molecule has 0 radical (unpaired) electrons. The van der Waals surface area contributed by atoms with Crippen molar-refractivity contribution in [2.24, 2.45) is 7.05 Å². The number of halogens is 2. The van der Waals surface area contributed by atoms with Crippen molar-refractivity contribution in [3.05, 3.63) is 57.5 Å². The Morgan fingerprint density at radius 3 is 2.81 bits per heavy atom. The van der Waals surface area contributed by atoms with E-state index in [0.717, 1.165) is 27.7 Å². The number of aryl methyl sites for hydroxylation is 1. The Labute approximate surface area is 175 Å². The van der Waals surface area contributed by atoms with Crippen LogP contribution in [-0.2, 0) is 24.8 Å². The molecule has 0 saturated heterocycles. The van der Waals surface area contributed by atoms with E-state index in [9.17, 15) is 4.79 Å². The second kappa shape index (κ2) is 8.95. The van der Waals surface area contributed by atoms with E-state index in [1.165, 1.54) is 11.8 Å². The van der Waals surface area contributed by atoms with E-state index in [0.29, 0.717) is 17.1 Å². The first kappa shape index (κ1) is 20.0. The summed E-state index contributed by atoms with van der Waals surface area (Å²) in [5.41, 5.74) is 1.75. The van der Waals surface area contributed by atoms with Crippen LogP contribution in [0.2, 0.25) is 5.02 Å². The number of amides is 1. The number of nitrogens with one attached hydrogen (secondary N) is 1. The number of thioether (sulfide) groups is 1. The van der Waals surface area contributed by atoms with Gasteiger partial charge >= 0.3 is 0 Å². The van der Waals surface area contributed by atoms with Gasteiger partial charge in [-0.3, -0.25) is 4.79 Å². The van der Waals surface area contributed by atoms with Gasteiger partial charge in [0.15, 0.2) is 5.16 Å². The SMILES string of the molecule is CCn1c(Cc2cccn2C)nnc1SCC(=O)Nc1ccc(Br)cc1Cl. The topological polar surface area (TPSA) is 64.7 Å². The van der Waals surface area contributed by atoms with E-state index in [-0.39, 0.29) is 11.7 Å². The number of carbonyl (C=O) groups is 1. The third-order valence-corrected chi connectivity index (χ3v) is 5.81. The van der Waals surface area contributed by atoms with Crippen LogP contribution in [0.4, 0.5) is 5.69 Å². The molecule has 0 aliphatic carbocycles. The standard InChI is InChI=1S/C18H19BrClN5OS/c1-3-25-16(10-13-5-4-8-24(13)2)22-23-18(25)27-11-17(26)21-15-7-6-12(19)9-14(15)20/h4-9H,3,10-11H2,1-2H3,(H,21,26). The summed E-state index contributed by atoms with van der Waals surface area (Å²) < 4.78 is 4.97. The van der Waals surface area contributed by atoms with Gasteiger partial charge in [0.2, 0.25) is 5.91 Å². The fraction of sp³-hybridized carbons (Fsp3) is 0.278. The van der Waals surface area contributed by atoms with Crippen LogP contribution < -0.4 is 5.32 Å². The zero-order chi connectivity index (χ0) is 19.4. The molecule has 3 aromatic rings. The molecule has 0 spiro atoms. The van der Waals surface area contributed by atoms with Gasteiger partial charge in [0, 0.05) is 36.4 Å². The molecule has 2 heterocycles. The van der Waals surface area contributed by atoms with Gasteiger partial charge in [-0.05, 0) is 37.3 Å². The first-order chi connectivity index (χ1) is 13.0. The number of carbonyl (C=O) groups excluding carboxylic acids is 1. The lowest BCUT2D eigenvalue weighted by Gasteiger charge is -2.09. The van der Waals surface area contributed by atoms with Crippen LogP contribution in [0, 0.1) is 0 Å². The van der Waals surface area contributed by atoms with Gasteiger partial charge in [-0.1, -0.05) is 39.3 Å². The van der Waals surface area contributed by atoms with Crippen LogP contribution >= 0.6 is 39.3 Å². The molecule has 6 nitrogen and oxygen atoms in total. The Balaban J connectivity index is 1.63. The number of hydrogen-bond acceptors (Lipinski definition) is 4. The Kier molecular flexibility index (Phi) is 6.62. The van der Waals surface area contributed by atoms with E-state index in [1.54, 1.807) is 12.1 Å². The van der Waals surface area contributed by atoms with Crippen molar-refractivity contribution < 1.29 is 4.79 Å². The Morgan fingerprint density at radius 2 is 2.15 bits per heavy atom. The molecular formula is C18H19BrClN5OS. The maximum Gasteiger partial charge on any atom is 0.234 e. The highest BCUT2D eigenvalue weighted by Crippen LogP contribution is 2.26. The molecule has 1 amide bonds. The minimum Gasteiger partial charge on any atom is -0.354 e. The summed E-state index contributed by atoms with van der Waals surface area (Å²) in [5, 5.41) is 12.6. The van der Waals surface area contributed by atoms with Crippen molar-refractivity contribution in [1.29, 1.82) is 0 Å². The minimum absolute atomic E-state index is 0.140. The molecule has 0 bridgehead atoms. The van der Waals surface area contributed by atoms with E-state index >= 15 is 0 Å². The highest BCUT2D eigenvalue weighted by molar-refractivity contribution is 9.10. The molecule has 0 fully saturated rings. The van der Waals surface area contributed by atoms with E-state index in [1.807, 2.05) is 36.9 Å². The van der Waals surface area contributed by atoms with Gasteiger partial charge in [0.25, 0.3) is 0 Å². The normalized spacial score (nSPS) is 11.0. The Morgan fingerprint density at radius 1 is 1.33 bits per heavy atom. The number of nitrogens with zero attached hydrogens (tertiary/aromatic N) is 4. The second-order valence-corrected chi connectivity index (χ2v) is 8.16. The number of hydrogen-bond donors (Lipinski definition) is 1. The summed E-state index contributed by atoms with van der Waals surface area (Å²) in [6.07, 6.45) is 2.71. The molecule has 142 valence electrons. The maximum absolute atomic E-state index is 12.3. The summed E-state index contributed by atoms with van der Waals surface area (Å²) in [4.78, 5) is 12.3. The van der Waals surface area contributed by atoms with Crippen molar-refractivity contribution in [2.75, 3.05) is 11.1 Å². The summed E-state index contributed by atoms with van der Waals surface area (Å²) in [5.74, 6) is 0.978. The van der Waals surface area contributed by atoms with Crippen molar-refractivity contribution in [1.82, 2.24) is 19.3 Å². The van der Waals surface area contributed by atoms with Gasteiger partial charge in [-0.15, -0.1) is 10.2 Å². The predicted octanol–water partition coefficient (Wildman–Crippen LogP) is 4.37. The number of aromatic nitrogens is 4. The molecule has 0 aliphatic rings. The molecule has 3 rings (SSSR count). The summed E-state index contributed by atoms with van der Waals surface area (Å²) in [7, 11) is 2.01. The largest absolute Gasteiger partial charge is 0.354 e. The van der Waals surface area contributed by atoms with Gasteiger partial charge in [-0.25, -0.2) is 0 Å². The first-order valence-corrected chi connectivity index (χ1v) is 10.5. The Hall–Kier alpha value is -1.77. The van der Waals surface area contributed by atoms with Crippen LogP contribution in [0.1, 0.15) is 18.4 Å². The molecule has 0 saturated carbocycles. The summed E-state index contributed by atoms with van der Waals surface area (Å²) in [6, 6.07) is 9.42. The fourth-order valence-corrected chi connectivity index (χ4v) is 4.17. The minimum atomic E-state index is -0.140. The highest BCUT2D eigenvalue weighted by atomic mass is 79.9.